The Morgan fingerprint density at radius 1 is 0.833 bits per heavy atom. The second-order valence-electron chi connectivity index (χ2n) is 6.11. The van der Waals surface area contributed by atoms with E-state index in [1.54, 1.807) is 6.07 Å². The number of nitrogens with zero attached hydrogens (tertiary/aromatic N) is 1. The molecule has 0 aliphatic rings. The van der Waals surface area contributed by atoms with Gasteiger partial charge in [0, 0.05) is 5.56 Å². The van der Waals surface area contributed by atoms with Gasteiger partial charge in [-0.15, -0.1) is 0 Å². The van der Waals surface area contributed by atoms with Gasteiger partial charge in [0.15, 0.2) is 4.90 Å². The van der Waals surface area contributed by atoms with Gasteiger partial charge in [-0.3, -0.25) is 9.61 Å². The van der Waals surface area contributed by atoms with E-state index in [4.69, 9.17) is 13.7 Å². The maximum absolute atomic E-state index is 12.9. The van der Waals surface area contributed by atoms with E-state index in [0.29, 0.717) is 5.71 Å². The molecule has 3 aromatic rings. The van der Waals surface area contributed by atoms with Crippen molar-refractivity contribution in [2.45, 2.75) is 4.90 Å². The SMILES string of the molecule is COc1cccc(OC)c1S(=O)(=O)OCC(=NNc1ccccc1)c1ccccc1. The Kier molecular flexibility index (Phi) is 7.05. The van der Waals surface area contributed by atoms with Gasteiger partial charge >= 0.3 is 10.1 Å². The monoisotopic (exact) mass is 426 g/mol. The van der Waals surface area contributed by atoms with E-state index in [0.717, 1.165) is 11.3 Å². The first kappa shape index (κ1) is 21.4. The molecule has 8 heteroatoms. The van der Waals surface area contributed by atoms with E-state index in [1.807, 2.05) is 60.7 Å². The topological polar surface area (TPSA) is 86.2 Å². The summed E-state index contributed by atoms with van der Waals surface area (Å²) in [4.78, 5) is -0.168. The Bertz CT molecular complexity index is 1080. The molecule has 0 unspecified atom stereocenters. The second-order valence-corrected chi connectivity index (χ2v) is 7.66. The number of hydrogen-bond acceptors (Lipinski definition) is 7. The minimum atomic E-state index is -4.19. The first-order valence-electron chi connectivity index (χ1n) is 9.08. The molecule has 0 aliphatic carbocycles. The van der Waals surface area contributed by atoms with E-state index in [9.17, 15) is 8.42 Å². The van der Waals surface area contributed by atoms with Crippen LogP contribution in [-0.2, 0) is 14.3 Å². The van der Waals surface area contributed by atoms with Crippen molar-refractivity contribution in [2.24, 2.45) is 5.10 Å². The summed E-state index contributed by atoms with van der Waals surface area (Å²) in [6.07, 6.45) is 0. The summed E-state index contributed by atoms with van der Waals surface area (Å²) in [6.45, 7) is -0.284. The molecule has 0 amide bonds. The van der Waals surface area contributed by atoms with Crippen molar-refractivity contribution in [3.05, 3.63) is 84.4 Å². The number of para-hydroxylation sites is 1. The highest BCUT2D eigenvalue weighted by Crippen LogP contribution is 2.34. The maximum atomic E-state index is 12.9. The Labute approximate surface area is 176 Å². The van der Waals surface area contributed by atoms with Gasteiger partial charge in [0.1, 0.15) is 18.1 Å². The van der Waals surface area contributed by atoms with Crippen molar-refractivity contribution >= 4 is 21.5 Å². The number of rotatable bonds is 9. The van der Waals surface area contributed by atoms with Crippen LogP contribution >= 0.6 is 0 Å². The van der Waals surface area contributed by atoms with Crippen molar-refractivity contribution in [1.82, 2.24) is 0 Å². The molecular weight excluding hydrogens is 404 g/mol. The number of methoxy groups -OCH3 is 2. The van der Waals surface area contributed by atoms with Crippen molar-refractivity contribution < 1.29 is 22.1 Å². The van der Waals surface area contributed by atoms with E-state index in [1.165, 1.54) is 26.4 Å². The van der Waals surface area contributed by atoms with Gasteiger partial charge in [0.05, 0.1) is 25.6 Å². The number of nitrogens with one attached hydrogen (secondary N) is 1. The third-order valence-electron chi connectivity index (χ3n) is 4.18. The fourth-order valence-corrected chi connectivity index (χ4v) is 3.89. The Hall–Kier alpha value is -3.36. The van der Waals surface area contributed by atoms with Crippen LogP contribution in [0.25, 0.3) is 0 Å². The van der Waals surface area contributed by atoms with Crippen molar-refractivity contribution in [1.29, 1.82) is 0 Å². The standard InChI is InChI=1S/C22H22N2O5S/c1-27-20-14-9-15-21(28-2)22(20)30(25,26)29-16-19(17-10-5-3-6-11-17)24-23-18-12-7-4-8-13-18/h3-15,23H,16H2,1-2H3. The fraction of sp³-hybridized carbons (Fsp3) is 0.136. The highest BCUT2D eigenvalue weighted by atomic mass is 32.2. The zero-order valence-corrected chi connectivity index (χ0v) is 17.4. The van der Waals surface area contributed by atoms with E-state index in [2.05, 4.69) is 10.5 Å². The quantitative estimate of drug-likeness (QED) is 0.317. The molecule has 156 valence electrons. The van der Waals surface area contributed by atoms with Crippen molar-refractivity contribution in [3.63, 3.8) is 0 Å². The molecule has 0 radical (unpaired) electrons. The van der Waals surface area contributed by atoms with E-state index in [-0.39, 0.29) is 23.0 Å². The zero-order chi connectivity index (χ0) is 21.4. The molecule has 0 aliphatic heterocycles. The summed E-state index contributed by atoms with van der Waals surface area (Å²) in [5.74, 6) is 0.268. The normalized spacial score (nSPS) is 11.7. The van der Waals surface area contributed by atoms with Gasteiger partial charge < -0.3 is 9.47 Å². The van der Waals surface area contributed by atoms with Gasteiger partial charge in [-0.05, 0) is 24.3 Å². The highest BCUT2D eigenvalue weighted by Gasteiger charge is 2.26. The van der Waals surface area contributed by atoms with E-state index < -0.39 is 10.1 Å². The molecule has 0 atom stereocenters. The first-order valence-corrected chi connectivity index (χ1v) is 10.5. The summed E-state index contributed by atoms with van der Waals surface area (Å²) in [7, 11) is -1.42. The average Bonchev–Trinajstić information content (AvgIpc) is 2.79. The average molecular weight is 426 g/mol. The molecule has 30 heavy (non-hydrogen) atoms. The minimum Gasteiger partial charge on any atom is -0.495 e. The molecule has 0 aromatic heterocycles. The molecule has 0 saturated carbocycles. The lowest BCUT2D eigenvalue weighted by Crippen LogP contribution is -2.18. The molecule has 0 bridgehead atoms. The predicted molar refractivity (Wildman–Crippen MR) is 116 cm³/mol. The van der Waals surface area contributed by atoms with Crippen molar-refractivity contribution in [2.75, 3.05) is 26.3 Å². The van der Waals surface area contributed by atoms with Crippen LogP contribution in [0.2, 0.25) is 0 Å². The van der Waals surface area contributed by atoms with Crippen LogP contribution in [0.5, 0.6) is 11.5 Å². The smallest absolute Gasteiger partial charge is 0.304 e. The first-order chi connectivity index (χ1) is 14.5. The van der Waals surface area contributed by atoms with Gasteiger partial charge in [-0.25, -0.2) is 0 Å². The van der Waals surface area contributed by atoms with Gasteiger partial charge in [0.2, 0.25) is 0 Å². The van der Waals surface area contributed by atoms with Crippen molar-refractivity contribution in [3.8, 4) is 11.5 Å². The van der Waals surface area contributed by atoms with E-state index >= 15 is 0 Å². The molecule has 3 aromatic carbocycles. The van der Waals surface area contributed by atoms with Gasteiger partial charge in [-0.1, -0.05) is 54.6 Å². The number of hydrogen-bond donors (Lipinski definition) is 1. The third-order valence-corrected chi connectivity index (χ3v) is 5.51. The van der Waals surface area contributed by atoms with Gasteiger partial charge in [0.25, 0.3) is 0 Å². The molecule has 7 nitrogen and oxygen atoms in total. The molecule has 3 rings (SSSR count). The Balaban J connectivity index is 1.89. The fourth-order valence-electron chi connectivity index (χ4n) is 2.71. The third kappa shape index (κ3) is 5.16. The summed E-state index contributed by atoms with van der Waals surface area (Å²) in [6, 6.07) is 23.2. The number of ether oxygens (including phenoxy) is 2. The molecule has 0 fully saturated rings. The molecule has 0 heterocycles. The number of benzene rings is 3. The lowest BCUT2D eigenvalue weighted by atomic mass is 10.1. The van der Waals surface area contributed by atoms with Gasteiger partial charge in [-0.2, -0.15) is 13.5 Å². The van der Waals surface area contributed by atoms with Crippen LogP contribution in [0.4, 0.5) is 5.69 Å². The Morgan fingerprint density at radius 3 is 1.97 bits per heavy atom. The maximum Gasteiger partial charge on any atom is 0.304 e. The van der Waals surface area contributed by atoms with Crippen LogP contribution in [0.1, 0.15) is 5.56 Å². The summed E-state index contributed by atoms with van der Waals surface area (Å²) < 4.78 is 41.6. The lowest BCUT2D eigenvalue weighted by molar-refractivity contribution is 0.343. The highest BCUT2D eigenvalue weighted by molar-refractivity contribution is 7.87. The zero-order valence-electron chi connectivity index (χ0n) is 16.6. The number of hydrazone groups is 1. The summed E-state index contributed by atoms with van der Waals surface area (Å²) >= 11 is 0. The summed E-state index contributed by atoms with van der Waals surface area (Å²) in [5, 5.41) is 4.36. The van der Waals surface area contributed by atoms with Crippen LogP contribution in [0.3, 0.4) is 0 Å². The number of anilines is 1. The second kappa shape index (κ2) is 9.91. The lowest BCUT2D eigenvalue weighted by Gasteiger charge is -2.14. The molecule has 0 spiro atoms. The Morgan fingerprint density at radius 2 is 1.40 bits per heavy atom. The van der Waals surface area contributed by atoms with Crippen LogP contribution in [-0.4, -0.2) is 35.0 Å². The largest absolute Gasteiger partial charge is 0.495 e. The summed E-state index contributed by atoms with van der Waals surface area (Å²) in [5.41, 5.74) is 4.83. The minimum absolute atomic E-state index is 0.134. The molecule has 0 saturated heterocycles. The molecule has 1 N–H and O–H groups in total. The van der Waals surface area contributed by atoms with Crippen LogP contribution in [0.15, 0.2) is 88.9 Å². The van der Waals surface area contributed by atoms with Crippen LogP contribution in [0, 0.1) is 0 Å². The predicted octanol–water partition coefficient (Wildman–Crippen LogP) is 3.93. The molecular formula is C22H22N2O5S. The van der Waals surface area contributed by atoms with Crippen LogP contribution < -0.4 is 14.9 Å².